The molecule has 0 aliphatic rings. The minimum Gasteiger partial charge on any atom is -0.506 e. The van der Waals surface area contributed by atoms with Crippen LogP contribution in [-0.2, 0) is 13.2 Å². The van der Waals surface area contributed by atoms with Crippen LogP contribution in [0.5, 0.6) is 23.0 Å². The van der Waals surface area contributed by atoms with E-state index in [9.17, 15) is 14.6 Å². The van der Waals surface area contributed by atoms with E-state index in [2.05, 4.69) is 102 Å². The normalized spacial score (nSPS) is 11.4. The highest BCUT2D eigenvalue weighted by Gasteiger charge is 2.25. The van der Waals surface area contributed by atoms with E-state index in [-0.39, 0.29) is 30.5 Å². The third-order valence-electron chi connectivity index (χ3n) is 6.68. The molecule has 0 bridgehead atoms. The molecule has 0 aliphatic carbocycles. The predicted octanol–water partition coefficient (Wildman–Crippen LogP) is 10.9. The van der Waals surface area contributed by atoms with Crippen LogP contribution in [0.2, 0.25) is 0 Å². The van der Waals surface area contributed by atoms with Gasteiger partial charge in [-0.1, -0.05) is 0 Å². The molecule has 42 heavy (non-hydrogen) atoms. The molecule has 0 saturated heterocycles. The Morgan fingerprint density at radius 2 is 1.05 bits per heavy atom. The first-order valence-corrected chi connectivity index (χ1v) is 18.1. The quantitative estimate of drug-likeness (QED) is 0.124. The molecule has 6 aromatic rings. The summed E-state index contributed by atoms with van der Waals surface area (Å²) in [5.41, 5.74) is 1.45. The van der Waals surface area contributed by atoms with Gasteiger partial charge in [-0.3, -0.25) is 0 Å². The van der Waals surface area contributed by atoms with E-state index >= 15 is 0 Å². The van der Waals surface area contributed by atoms with E-state index in [1.807, 2.05) is 60.7 Å². The van der Waals surface area contributed by atoms with Crippen LogP contribution >= 0.6 is 101 Å². The lowest BCUT2D eigenvalue weighted by Crippen LogP contribution is -1.98. The van der Waals surface area contributed by atoms with Crippen LogP contribution in [-0.4, -0.2) is 10.2 Å². The van der Waals surface area contributed by atoms with Crippen molar-refractivity contribution < 1.29 is 24.1 Å². The molecule has 212 valence electrons. The van der Waals surface area contributed by atoms with Crippen LogP contribution in [0.1, 0.15) is 11.1 Å². The first-order chi connectivity index (χ1) is 20.2. The fourth-order valence-corrected chi connectivity index (χ4v) is 11.0. The Hall–Kier alpha value is -1.63. The largest absolute Gasteiger partial charge is 0.506 e. The summed E-state index contributed by atoms with van der Waals surface area (Å²) < 4.78 is 32.0. The third-order valence-corrected chi connectivity index (χ3v) is 11.9. The number of hydrogen-bond acceptors (Lipinski definition) is 4. The van der Waals surface area contributed by atoms with E-state index in [1.165, 1.54) is 12.1 Å². The Bertz CT molecular complexity index is 1860. The number of phenols is 2. The van der Waals surface area contributed by atoms with Gasteiger partial charge in [0.15, 0.2) is 14.3 Å². The maximum atomic E-state index is 13.8. The van der Waals surface area contributed by atoms with Crippen LogP contribution in [0.15, 0.2) is 84.9 Å². The highest BCUT2D eigenvalue weighted by atomic mass is 127. The lowest BCUT2D eigenvalue weighted by Gasteiger charge is -2.10. The zero-order chi connectivity index (χ0) is 29.5. The Labute approximate surface area is 298 Å². The molecule has 4 nitrogen and oxygen atoms in total. The Morgan fingerprint density at radius 1 is 0.595 bits per heavy atom. The highest BCUT2D eigenvalue weighted by Crippen LogP contribution is 2.50. The van der Waals surface area contributed by atoms with Crippen molar-refractivity contribution in [1.29, 1.82) is 0 Å². The van der Waals surface area contributed by atoms with Crippen LogP contribution in [0.25, 0.3) is 25.1 Å². The lowest BCUT2D eigenvalue weighted by molar-refractivity contribution is 0.298. The van der Waals surface area contributed by atoms with Crippen molar-refractivity contribution in [2.75, 3.05) is 0 Å². The average molecular weight is 1030 g/mol. The number of aromatic hydroxyl groups is 2. The molecule has 0 amide bonds. The lowest BCUT2D eigenvalue weighted by atomic mass is 10.1. The fraction of sp³-hybridized carbons (Fsp3) is 0.0625. The van der Waals surface area contributed by atoms with Crippen LogP contribution < -0.4 is 9.47 Å². The first kappa shape index (κ1) is 30.4. The maximum absolute atomic E-state index is 13.8. The Kier molecular flexibility index (Phi) is 9.24. The summed E-state index contributed by atoms with van der Waals surface area (Å²) in [6.45, 7) is 0.463. The second-order valence-electron chi connectivity index (χ2n) is 9.44. The number of hydrogen-bond donors (Lipinski definition) is 2. The monoisotopic (exact) mass is 1030 g/mol. The van der Waals surface area contributed by atoms with E-state index in [4.69, 9.17) is 9.47 Å². The molecule has 6 rings (SSSR count). The average Bonchev–Trinajstić information content (AvgIpc) is 3.28. The molecular formula is C32H20FI4O4S+. The van der Waals surface area contributed by atoms with Gasteiger partial charge in [0.25, 0.3) is 0 Å². The SMILES string of the molecule is Oc1c(I)cc(I)cc1COc1ccc2c(c1)c1cc(OCc3cc(I)cc(I)c3O)ccc1[s+]2-c1ccc(F)cc1. The molecule has 0 saturated carbocycles. The summed E-state index contributed by atoms with van der Waals surface area (Å²) in [5, 5.41) is 23.1. The molecule has 1 heterocycles. The topological polar surface area (TPSA) is 58.9 Å². The van der Waals surface area contributed by atoms with Gasteiger partial charge in [0.2, 0.25) is 0 Å². The van der Waals surface area contributed by atoms with Crippen molar-refractivity contribution in [1.82, 2.24) is 0 Å². The van der Waals surface area contributed by atoms with Crippen LogP contribution in [0.3, 0.4) is 0 Å². The number of benzene rings is 5. The highest BCUT2D eigenvalue weighted by molar-refractivity contribution is 14.1. The molecule has 0 atom stereocenters. The number of ether oxygens (including phenoxy) is 2. The molecule has 0 spiro atoms. The van der Waals surface area contributed by atoms with Crippen LogP contribution in [0, 0.1) is 20.1 Å². The van der Waals surface area contributed by atoms with E-state index in [0.29, 0.717) is 11.5 Å². The molecule has 0 unspecified atom stereocenters. The maximum Gasteiger partial charge on any atom is 0.188 e. The molecule has 5 aromatic carbocycles. The molecule has 0 aliphatic heterocycles. The number of phenolic OH excluding ortho intramolecular Hbond substituents is 2. The van der Waals surface area contributed by atoms with Crippen molar-refractivity contribution in [3.8, 4) is 27.9 Å². The minimum absolute atomic E-state index is 0.231. The van der Waals surface area contributed by atoms with Gasteiger partial charge in [-0.15, -0.1) is 0 Å². The summed E-state index contributed by atoms with van der Waals surface area (Å²) in [7, 11) is -0.427. The first-order valence-electron chi connectivity index (χ1n) is 12.6. The van der Waals surface area contributed by atoms with Crippen molar-refractivity contribution in [3.05, 3.63) is 116 Å². The van der Waals surface area contributed by atoms with Gasteiger partial charge in [-0.2, -0.15) is 0 Å². The van der Waals surface area contributed by atoms with Gasteiger partial charge in [0.05, 0.1) is 17.9 Å². The van der Waals surface area contributed by atoms with E-state index < -0.39 is 10.5 Å². The number of halogens is 5. The fourth-order valence-electron chi connectivity index (χ4n) is 4.70. The summed E-state index contributed by atoms with van der Waals surface area (Å²) in [6.07, 6.45) is 0. The zero-order valence-corrected chi connectivity index (χ0v) is 31.0. The summed E-state index contributed by atoms with van der Waals surface area (Å²) >= 11 is 8.71. The van der Waals surface area contributed by atoms with Crippen molar-refractivity contribution >= 4 is 121 Å². The molecule has 2 N–H and O–H groups in total. The standard InChI is InChI=1S/C32H19FI4O4S/c33-19-1-5-24(6-2-19)42-29-7-3-22(40-15-17-9-20(34)11-27(36)31(17)38)13-25(29)26-14-23(4-8-30(26)42)41-16-18-10-21(35)12-28(37)32(18)39/h1-14H,15-16H2,(H-,38,39)/p+1. The molecule has 0 radical (unpaired) electrons. The predicted molar refractivity (Wildman–Crippen MR) is 201 cm³/mol. The smallest absolute Gasteiger partial charge is 0.188 e. The second kappa shape index (κ2) is 12.8. The zero-order valence-electron chi connectivity index (χ0n) is 21.5. The minimum atomic E-state index is -0.427. The number of fused-ring (bicyclic) bond motifs is 3. The van der Waals surface area contributed by atoms with Gasteiger partial charge in [0.1, 0.15) is 42.0 Å². The van der Waals surface area contributed by atoms with Gasteiger partial charge >= 0.3 is 0 Å². The van der Waals surface area contributed by atoms with E-state index in [0.717, 1.165) is 50.5 Å². The molecule has 10 heteroatoms. The Morgan fingerprint density at radius 3 is 1.50 bits per heavy atom. The third kappa shape index (κ3) is 6.28. The summed E-state index contributed by atoms with van der Waals surface area (Å²) in [4.78, 5) is 1.02. The van der Waals surface area contributed by atoms with Gasteiger partial charge in [-0.25, -0.2) is 4.39 Å². The number of thiophene rings is 1. The van der Waals surface area contributed by atoms with Crippen molar-refractivity contribution in [2.45, 2.75) is 13.2 Å². The summed E-state index contributed by atoms with van der Waals surface area (Å²) in [6, 6.07) is 26.5. The summed E-state index contributed by atoms with van der Waals surface area (Å²) in [5.74, 6) is 1.56. The van der Waals surface area contributed by atoms with Crippen molar-refractivity contribution in [2.24, 2.45) is 0 Å². The molecular weight excluding hydrogens is 1010 g/mol. The molecule has 0 fully saturated rings. The Balaban J connectivity index is 1.40. The van der Waals surface area contributed by atoms with Crippen molar-refractivity contribution in [3.63, 3.8) is 0 Å². The number of rotatable bonds is 7. The van der Waals surface area contributed by atoms with Gasteiger partial charge in [0, 0.05) is 53.0 Å². The second-order valence-corrected chi connectivity index (χ2v) is 16.2. The van der Waals surface area contributed by atoms with E-state index in [1.54, 1.807) is 0 Å². The van der Waals surface area contributed by atoms with Gasteiger partial charge < -0.3 is 19.7 Å². The van der Waals surface area contributed by atoms with Gasteiger partial charge in [-0.05, 0) is 151 Å². The van der Waals surface area contributed by atoms with Crippen LogP contribution in [0.4, 0.5) is 4.39 Å². The molecule has 1 aromatic heterocycles.